The molecule has 6 heteroatoms. The lowest BCUT2D eigenvalue weighted by Crippen LogP contribution is -1.98. The number of aliphatic hydroxyl groups excluding tert-OH is 1. The molecule has 0 saturated heterocycles. The summed E-state index contributed by atoms with van der Waals surface area (Å²) in [7, 11) is 0. The van der Waals surface area contributed by atoms with Gasteiger partial charge < -0.3 is 9.84 Å². The summed E-state index contributed by atoms with van der Waals surface area (Å²) in [6.07, 6.45) is 0. The molecule has 2 aromatic carbocycles. The Bertz CT molecular complexity index is 609. The maximum Gasteiger partial charge on any atom is 0.152 e. The van der Waals surface area contributed by atoms with Gasteiger partial charge in [-0.3, -0.25) is 0 Å². The van der Waals surface area contributed by atoms with Gasteiger partial charge in [0.15, 0.2) is 5.75 Å². The van der Waals surface area contributed by atoms with Crippen LogP contribution >= 0.6 is 50.7 Å². The van der Waals surface area contributed by atoms with Gasteiger partial charge in [0.05, 0.1) is 16.1 Å². The minimum atomic E-state index is -0.0817. The highest BCUT2D eigenvalue weighted by molar-refractivity contribution is 9.10. The SMILES string of the molecule is OCc1cc(Cl)c(OCc2ccc(Cl)cc2Cl)c(Br)c1. The van der Waals surface area contributed by atoms with E-state index in [-0.39, 0.29) is 13.2 Å². The Morgan fingerprint density at radius 2 is 1.80 bits per heavy atom. The van der Waals surface area contributed by atoms with Crippen molar-refractivity contribution in [1.82, 2.24) is 0 Å². The highest BCUT2D eigenvalue weighted by atomic mass is 79.9. The smallest absolute Gasteiger partial charge is 0.152 e. The number of hydrogen-bond acceptors (Lipinski definition) is 2. The third-order valence-electron chi connectivity index (χ3n) is 2.63. The van der Waals surface area contributed by atoms with Crippen molar-refractivity contribution in [1.29, 1.82) is 0 Å². The first kappa shape index (κ1) is 15.9. The van der Waals surface area contributed by atoms with Gasteiger partial charge in [-0.1, -0.05) is 40.9 Å². The molecule has 0 heterocycles. The van der Waals surface area contributed by atoms with Crippen molar-refractivity contribution in [2.24, 2.45) is 0 Å². The van der Waals surface area contributed by atoms with Crippen LogP contribution in [0.15, 0.2) is 34.8 Å². The van der Waals surface area contributed by atoms with E-state index in [1.54, 1.807) is 30.3 Å². The van der Waals surface area contributed by atoms with Gasteiger partial charge in [-0.15, -0.1) is 0 Å². The molecule has 2 aromatic rings. The molecule has 0 aliphatic carbocycles. The molecule has 0 saturated carbocycles. The summed E-state index contributed by atoms with van der Waals surface area (Å²) in [5.41, 5.74) is 1.52. The second kappa shape index (κ2) is 7.01. The Morgan fingerprint density at radius 1 is 1.05 bits per heavy atom. The van der Waals surface area contributed by atoms with Crippen LogP contribution in [0.3, 0.4) is 0 Å². The molecular formula is C14H10BrCl3O2. The van der Waals surface area contributed by atoms with E-state index in [9.17, 15) is 0 Å². The van der Waals surface area contributed by atoms with Crippen LogP contribution < -0.4 is 4.74 Å². The molecule has 106 valence electrons. The maximum absolute atomic E-state index is 9.10. The summed E-state index contributed by atoms with van der Waals surface area (Å²) >= 11 is 21.4. The van der Waals surface area contributed by atoms with Crippen LogP contribution in [-0.2, 0) is 13.2 Å². The van der Waals surface area contributed by atoms with Gasteiger partial charge in [-0.25, -0.2) is 0 Å². The second-order valence-corrected chi connectivity index (χ2v) is 6.18. The highest BCUT2D eigenvalue weighted by Gasteiger charge is 2.10. The van der Waals surface area contributed by atoms with Gasteiger partial charge in [0.1, 0.15) is 6.61 Å². The Morgan fingerprint density at radius 3 is 2.40 bits per heavy atom. The normalized spacial score (nSPS) is 10.7. The van der Waals surface area contributed by atoms with E-state index in [0.717, 1.165) is 5.56 Å². The minimum Gasteiger partial charge on any atom is -0.486 e. The highest BCUT2D eigenvalue weighted by Crippen LogP contribution is 2.35. The Labute approximate surface area is 140 Å². The Hall–Kier alpha value is -0.450. The predicted molar refractivity (Wildman–Crippen MR) is 85.9 cm³/mol. The van der Waals surface area contributed by atoms with Crippen LogP contribution in [0.4, 0.5) is 0 Å². The molecular weight excluding hydrogens is 386 g/mol. The summed E-state index contributed by atoms with van der Waals surface area (Å²) in [5.74, 6) is 0.509. The second-order valence-electron chi connectivity index (χ2n) is 4.07. The molecule has 20 heavy (non-hydrogen) atoms. The van der Waals surface area contributed by atoms with Crippen molar-refractivity contribution in [3.8, 4) is 5.75 Å². The quantitative estimate of drug-likeness (QED) is 0.741. The first-order chi connectivity index (χ1) is 9.51. The lowest BCUT2D eigenvalue weighted by atomic mass is 10.2. The predicted octanol–water partition coefficient (Wildman–Crippen LogP) is 5.48. The molecule has 2 rings (SSSR count). The number of rotatable bonds is 4. The van der Waals surface area contributed by atoms with Crippen molar-refractivity contribution in [2.75, 3.05) is 0 Å². The number of halogens is 4. The third-order valence-corrected chi connectivity index (χ3v) is 4.08. The van der Waals surface area contributed by atoms with Gasteiger partial charge in [0.25, 0.3) is 0 Å². The minimum absolute atomic E-state index is 0.0817. The molecule has 0 fully saturated rings. The van der Waals surface area contributed by atoms with Gasteiger partial charge in [0.2, 0.25) is 0 Å². The largest absolute Gasteiger partial charge is 0.486 e. The van der Waals surface area contributed by atoms with Crippen molar-refractivity contribution < 1.29 is 9.84 Å². The van der Waals surface area contributed by atoms with E-state index >= 15 is 0 Å². The zero-order chi connectivity index (χ0) is 14.7. The fourth-order valence-electron chi connectivity index (χ4n) is 1.63. The molecule has 0 unspecified atom stereocenters. The van der Waals surface area contributed by atoms with Gasteiger partial charge >= 0.3 is 0 Å². The molecule has 0 bridgehead atoms. The molecule has 1 N–H and O–H groups in total. The molecule has 0 aliphatic rings. The average molecular weight is 396 g/mol. The zero-order valence-electron chi connectivity index (χ0n) is 10.2. The first-order valence-corrected chi connectivity index (χ1v) is 7.59. The molecule has 0 aromatic heterocycles. The average Bonchev–Trinajstić information content (AvgIpc) is 2.39. The van der Waals surface area contributed by atoms with E-state index in [0.29, 0.717) is 30.9 Å². The summed E-state index contributed by atoms with van der Waals surface area (Å²) in [5, 5.41) is 10.6. The standard InChI is InChI=1S/C14H10BrCl3O2/c15-11-3-8(6-19)4-13(18)14(11)20-7-9-1-2-10(16)5-12(9)17/h1-5,19H,6-7H2. The van der Waals surface area contributed by atoms with E-state index in [2.05, 4.69) is 15.9 Å². The number of benzene rings is 2. The van der Waals surface area contributed by atoms with E-state index in [4.69, 9.17) is 44.6 Å². The van der Waals surface area contributed by atoms with E-state index in [1.807, 2.05) is 0 Å². The lowest BCUT2D eigenvalue weighted by Gasteiger charge is -2.12. The maximum atomic E-state index is 9.10. The first-order valence-electron chi connectivity index (χ1n) is 5.66. The fourth-order valence-corrected chi connectivity index (χ4v) is 3.13. The van der Waals surface area contributed by atoms with Crippen LogP contribution in [0.5, 0.6) is 5.75 Å². The van der Waals surface area contributed by atoms with Crippen molar-refractivity contribution in [2.45, 2.75) is 13.2 Å². The summed E-state index contributed by atoms with van der Waals surface area (Å²) in [6, 6.07) is 8.62. The molecule has 0 amide bonds. The van der Waals surface area contributed by atoms with Crippen molar-refractivity contribution >= 4 is 50.7 Å². The van der Waals surface area contributed by atoms with Gasteiger partial charge in [-0.2, -0.15) is 0 Å². The van der Waals surface area contributed by atoms with Crippen LogP contribution in [0.2, 0.25) is 15.1 Å². The van der Waals surface area contributed by atoms with Crippen LogP contribution in [0, 0.1) is 0 Å². The van der Waals surface area contributed by atoms with E-state index < -0.39 is 0 Å². The van der Waals surface area contributed by atoms with Crippen molar-refractivity contribution in [3.05, 3.63) is 61.0 Å². The summed E-state index contributed by atoms with van der Waals surface area (Å²) in [4.78, 5) is 0. The zero-order valence-corrected chi connectivity index (χ0v) is 14.0. The Kier molecular flexibility index (Phi) is 5.58. The molecule has 0 radical (unpaired) electrons. The lowest BCUT2D eigenvalue weighted by molar-refractivity contribution is 0.280. The molecule has 2 nitrogen and oxygen atoms in total. The number of aliphatic hydroxyl groups is 1. The summed E-state index contributed by atoms with van der Waals surface area (Å²) < 4.78 is 6.37. The third kappa shape index (κ3) is 3.80. The van der Waals surface area contributed by atoms with Crippen LogP contribution in [0.1, 0.15) is 11.1 Å². The topological polar surface area (TPSA) is 29.5 Å². The molecule has 0 aliphatic heterocycles. The van der Waals surface area contributed by atoms with Gasteiger partial charge in [-0.05, 0) is 45.8 Å². The van der Waals surface area contributed by atoms with Crippen LogP contribution in [-0.4, -0.2) is 5.11 Å². The van der Waals surface area contributed by atoms with Crippen LogP contribution in [0.25, 0.3) is 0 Å². The molecule has 0 spiro atoms. The molecule has 0 atom stereocenters. The van der Waals surface area contributed by atoms with Crippen molar-refractivity contribution in [3.63, 3.8) is 0 Å². The monoisotopic (exact) mass is 394 g/mol. The number of ether oxygens (including phenoxy) is 1. The fraction of sp³-hybridized carbons (Fsp3) is 0.143. The summed E-state index contributed by atoms with van der Waals surface area (Å²) in [6.45, 7) is 0.189. The van der Waals surface area contributed by atoms with E-state index in [1.165, 1.54) is 0 Å². The van der Waals surface area contributed by atoms with Gasteiger partial charge in [0, 0.05) is 15.6 Å². The number of hydrogen-bond donors (Lipinski definition) is 1. The Balaban J connectivity index is 2.19.